The number of hydrogen-bond donors (Lipinski definition) is 3. The Labute approximate surface area is 275 Å². The van der Waals surface area contributed by atoms with Gasteiger partial charge in [-0.2, -0.15) is 10.5 Å². The molecule has 0 fully saturated rings. The molecule has 0 unspecified atom stereocenters. The van der Waals surface area contributed by atoms with E-state index < -0.39 is 30.1 Å². The Kier molecular flexibility index (Phi) is 13.1. The topological polar surface area (TPSA) is 167 Å². The van der Waals surface area contributed by atoms with Crippen LogP contribution < -0.4 is 16.4 Å². The number of esters is 2. The van der Waals surface area contributed by atoms with Crippen molar-refractivity contribution in [1.29, 1.82) is 10.5 Å². The molecule has 3 aromatic carbocycles. The lowest BCUT2D eigenvalue weighted by molar-refractivity contribution is -0.143. The molecular weight excluding hydrogens is 606 g/mol. The number of ether oxygens (including phenoxy) is 2. The van der Waals surface area contributed by atoms with Crippen LogP contribution in [0, 0.1) is 22.7 Å². The lowest BCUT2D eigenvalue weighted by atomic mass is 9.99. The van der Waals surface area contributed by atoms with Crippen LogP contribution in [0.1, 0.15) is 57.3 Å². The Bertz CT molecular complexity index is 1630. The minimum Gasteiger partial charge on any atom is -0.468 e. The average molecular weight is 644 g/mol. The summed E-state index contributed by atoms with van der Waals surface area (Å²) in [6.45, 7) is 0. The molecule has 0 aliphatic heterocycles. The molecule has 46 heavy (non-hydrogen) atoms. The number of hydrogen-bond acceptors (Lipinski definition) is 8. The first-order valence-corrected chi connectivity index (χ1v) is 14.9. The molecule has 2 amide bonds. The molecule has 0 radical (unpaired) electrons. The van der Waals surface area contributed by atoms with Crippen molar-refractivity contribution in [3.8, 4) is 12.1 Å². The molecule has 0 bridgehead atoms. The predicted octanol–water partition coefficient (Wildman–Crippen LogP) is 4.46. The maximum Gasteiger partial charge on any atom is 0.328 e. The van der Waals surface area contributed by atoms with Gasteiger partial charge in [0, 0.05) is 12.1 Å². The van der Waals surface area contributed by atoms with Crippen molar-refractivity contribution in [3.05, 3.63) is 99.1 Å². The van der Waals surface area contributed by atoms with E-state index in [4.69, 9.17) is 21.0 Å². The van der Waals surface area contributed by atoms with E-state index in [1.165, 1.54) is 36.5 Å². The van der Waals surface area contributed by atoms with E-state index in [0.717, 1.165) is 55.3 Å². The number of aryl methyl sites for hydroxylation is 2. The first-order valence-electron chi connectivity index (χ1n) is 14.9. The second-order valence-electron chi connectivity index (χ2n) is 11.1. The first-order chi connectivity index (χ1) is 21.8. The molecule has 10 nitrogen and oxygen atoms in total. The van der Waals surface area contributed by atoms with Crippen LogP contribution in [0.5, 0.6) is 0 Å². The van der Waals surface area contributed by atoms with Crippen LogP contribution in [0.15, 0.2) is 54.6 Å². The number of anilines is 1. The molecule has 0 spiro atoms. The van der Waals surface area contributed by atoms with E-state index in [1.54, 1.807) is 36.4 Å². The molecular formula is C35H38ClN5O5. The van der Waals surface area contributed by atoms with Gasteiger partial charge in [-0.05, 0) is 103 Å². The number of amides is 2. The van der Waals surface area contributed by atoms with E-state index >= 15 is 0 Å². The third kappa shape index (κ3) is 9.07. The summed E-state index contributed by atoms with van der Waals surface area (Å²) in [6, 6.07) is 18.5. The van der Waals surface area contributed by atoms with Crippen LogP contribution in [0.3, 0.4) is 0 Å². The summed E-state index contributed by atoms with van der Waals surface area (Å²) < 4.78 is 9.41. The molecule has 2 aliphatic rings. The monoisotopic (exact) mass is 643 g/mol. The van der Waals surface area contributed by atoms with E-state index in [1.807, 2.05) is 18.2 Å². The highest BCUT2D eigenvalue weighted by Gasteiger charge is 2.27. The van der Waals surface area contributed by atoms with Crippen LogP contribution >= 0.6 is 12.4 Å². The molecule has 0 heterocycles. The second kappa shape index (κ2) is 17.0. The normalized spacial score (nSPS) is 13.5. The fourth-order valence-electron chi connectivity index (χ4n) is 5.87. The van der Waals surface area contributed by atoms with Crippen LogP contribution in [-0.2, 0) is 57.6 Å². The fourth-order valence-corrected chi connectivity index (χ4v) is 5.87. The molecule has 0 aromatic heterocycles. The largest absolute Gasteiger partial charge is 0.468 e. The summed E-state index contributed by atoms with van der Waals surface area (Å²) >= 11 is 0. The molecule has 0 saturated heterocycles. The van der Waals surface area contributed by atoms with Gasteiger partial charge in [-0.3, -0.25) is 4.79 Å². The standard InChI is InChI=1S/C24H25N3O3.C11H12N2O2.ClH/c1-30-23(28)21(12-15-5-2-6-16(11-15)14-25)26-24(29)27-22-19-9-3-7-17(19)13-18-8-4-10-20(18)22;1-15-11(14)10(13)6-8-3-2-4-9(5-8)7-12;/h2,5-6,11,13,21H,3-4,7-10,12H2,1H3,(H2,26,27,29);2-5,10H,6,13H2,1H3;1H/t21-;10-;/m11./s1. The number of nitrogens with zero attached hydrogens (tertiary/aromatic N) is 2. The number of carbonyl (C=O) groups is 3. The Morgan fingerprint density at radius 2 is 1.33 bits per heavy atom. The molecule has 11 heteroatoms. The van der Waals surface area contributed by atoms with E-state index in [0.29, 0.717) is 17.5 Å². The molecule has 2 atom stereocenters. The predicted molar refractivity (Wildman–Crippen MR) is 175 cm³/mol. The van der Waals surface area contributed by atoms with Crippen LogP contribution in [0.4, 0.5) is 10.5 Å². The smallest absolute Gasteiger partial charge is 0.328 e. The zero-order valence-corrected chi connectivity index (χ0v) is 26.7. The lowest BCUT2D eigenvalue weighted by Crippen LogP contribution is -2.45. The van der Waals surface area contributed by atoms with Gasteiger partial charge in [-0.15, -0.1) is 12.4 Å². The highest BCUT2D eigenvalue weighted by molar-refractivity contribution is 5.94. The van der Waals surface area contributed by atoms with Gasteiger partial charge < -0.3 is 25.8 Å². The minimum absolute atomic E-state index is 0. The Balaban J connectivity index is 0.000000306. The van der Waals surface area contributed by atoms with Gasteiger partial charge in [-0.25, -0.2) is 9.59 Å². The van der Waals surface area contributed by atoms with Crippen molar-refractivity contribution in [1.82, 2.24) is 5.32 Å². The number of nitrogens with two attached hydrogens (primary N) is 1. The van der Waals surface area contributed by atoms with Crippen molar-refractivity contribution in [2.75, 3.05) is 19.5 Å². The summed E-state index contributed by atoms with van der Waals surface area (Å²) in [5.41, 5.74) is 14.4. The molecule has 4 N–H and O–H groups in total. The number of nitrogens with one attached hydrogen (secondary N) is 2. The van der Waals surface area contributed by atoms with Gasteiger partial charge in [-0.1, -0.05) is 30.3 Å². The molecule has 0 saturated carbocycles. The number of urea groups is 1. The van der Waals surface area contributed by atoms with E-state index in [2.05, 4.69) is 27.5 Å². The number of methoxy groups -OCH3 is 2. The van der Waals surface area contributed by atoms with Gasteiger partial charge in [0.25, 0.3) is 0 Å². The number of fused-ring (bicyclic) bond motifs is 2. The molecule has 2 aliphatic carbocycles. The number of benzene rings is 3. The number of nitriles is 2. The SMILES string of the molecule is COC(=O)[C@@H](Cc1cccc(C#N)c1)NC(=O)Nc1c2c(cc3c1CCC3)CCC2.COC(=O)[C@H](N)Cc1cccc(C#N)c1.Cl. The molecule has 3 aromatic rings. The summed E-state index contributed by atoms with van der Waals surface area (Å²) in [4.78, 5) is 36.2. The van der Waals surface area contributed by atoms with Crippen molar-refractivity contribution < 1.29 is 23.9 Å². The van der Waals surface area contributed by atoms with Gasteiger partial charge in [0.2, 0.25) is 0 Å². The summed E-state index contributed by atoms with van der Waals surface area (Å²) in [6.07, 6.45) is 6.89. The van der Waals surface area contributed by atoms with Gasteiger partial charge in [0.15, 0.2) is 0 Å². The van der Waals surface area contributed by atoms with E-state index in [-0.39, 0.29) is 18.8 Å². The lowest BCUT2D eigenvalue weighted by Gasteiger charge is -2.20. The minimum atomic E-state index is -0.839. The summed E-state index contributed by atoms with van der Waals surface area (Å²) in [5, 5.41) is 23.6. The maximum absolute atomic E-state index is 12.9. The van der Waals surface area contributed by atoms with Gasteiger partial charge >= 0.3 is 18.0 Å². The zero-order chi connectivity index (χ0) is 32.3. The van der Waals surface area contributed by atoms with Crippen molar-refractivity contribution >= 4 is 36.1 Å². The summed E-state index contributed by atoms with van der Waals surface area (Å²) in [5.74, 6) is -0.964. The first kappa shape index (κ1) is 35.6. The maximum atomic E-state index is 12.9. The Morgan fingerprint density at radius 1 is 0.804 bits per heavy atom. The van der Waals surface area contributed by atoms with Crippen molar-refractivity contribution in [2.24, 2.45) is 5.73 Å². The third-order valence-corrected chi connectivity index (χ3v) is 8.01. The third-order valence-electron chi connectivity index (χ3n) is 8.01. The Morgan fingerprint density at radius 3 is 1.83 bits per heavy atom. The molecule has 5 rings (SSSR count). The fraction of sp³-hybridized carbons (Fsp3) is 0.343. The number of carbonyl (C=O) groups excluding carboxylic acids is 3. The van der Waals surface area contributed by atoms with Gasteiger partial charge in [0.1, 0.15) is 12.1 Å². The van der Waals surface area contributed by atoms with Crippen LogP contribution in [0.25, 0.3) is 0 Å². The number of rotatable bonds is 8. The Hall–Kier alpha value is -4.90. The highest BCUT2D eigenvalue weighted by Crippen LogP contribution is 2.38. The quantitative estimate of drug-likeness (QED) is 0.302. The van der Waals surface area contributed by atoms with Crippen LogP contribution in [0.2, 0.25) is 0 Å². The summed E-state index contributed by atoms with van der Waals surface area (Å²) in [7, 11) is 2.60. The zero-order valence-electron chi connectivity index (χ0n) is 25.9. The van der Waals surface area contributed by atoms with E-state index in [9.17, 15) is 14.4 Å². The van der Waals surface area contributed by atoms with Crippen LogP contribution in [-0.4, -0.2) is 44.3 Å². The highest BCUT2D eigenvalue weighted by atomic mass is 35.5. The number of halogens is 1. The van der Waals surface area contributed by atoms with Crippen molar-refractivity contribution in [3.63, 3.8) is 0 Å². The second-order valence-corrected chi connectivity index (χ2v) is 11.1. The average Bonchev–Trinajstić information content (AvgIpc) is 3.74. The van der Waals surface area contributed by atoms with Crippen molar-refractivity contribution in [2.45, 2.75) is 63.5 Å². The van der Waals surface area contributed by atoms with Gasteiger partial charge in [0.05, 0.1) is 37.5 Å². The molecule has 240 valence electrons.